The molecular weight excluding hydrogens is 352 g/mol. The van der Waals surface area contributed by atoms with Crippen molar-refractivity contribution in [1.29, 1.82) is 0 Å². The van der Waals surface area contributed by atoms with Crippen LogP contribution in [0.4, 0.5) is 0 Å². The second-order valence-electron chi connectivity index (χ2n) is 7.92. The van der Waals surface area contributed by atoms with Crippen LogP contribution in [0.3, 0.4) is 0 Å². The van der Waals surface area contributed by atoms with E-state index in [-0.39, 0.29) is 0 Å². The van der Waals surface area contributed by atoms with Gasteiger partial charge in [-0.1, -0.05) is 20.8 Å². The first-order valence-electron chi connectivity index (χ1n) is 8.61. The number of aliphatic hydroxyl groups excluding tert-OH is 7. The summed E-state index contributed by atoms with van der Waals surface area (Å²) < 4.78 is 16.4. The van der Waals surface area contributed by atoms with Gasteiger partial charge in [0, 0.05) is 0 Å². The van der Waals surface area contributed by atoms with Crippen LogP contribution in [0, 0.1) is 5.41 Å². The smallest absolute Gasteiger partial charge is 0.187 e. The number of rotatable bonds is 4. The quantitative estimate of drug-likeness (QED) is 0.261. The molecule has 10 nitrogen and oxygen atoms in total. The van der Waals surface area contributed by atoms with E-state index in [2.05, 4.69) is 0 Å². The molecule has 2 fully saturated rings. The predicted molar refractivity (Wildman–Crippen MR) is 85.9 cm³/mol. The summed E-state index contributed by atoms with van der Waals surface area (Å²) in [5, 5.41) is 69.3. The number of aliphatic hydroxyl groups is 7. The minimum atomic E-state index is -1.67. The van der Waals surface area contributed by atoms with E-state index in [1.807, 2.05) is 0 Å². The first kappa shape index (κ1) is 21.9. The third-order valence-electron chi connectivity index (χ3n) is 4.86. The normalized spacial score (nSPS) is 47.8. The Bertz CT molecular complexity index is 451. The summed E-state index contributed by atoms with van der Waals surface area (Å²) in [4.78, 5) is 0. The van der Waals surface area contributed by atoms with Crippen LogP contribution >= 0.6 is 0 Å². The summed E-state index contributed by atoms with van der Waals surface area (Å²) in [6.45, 7) is 4.26. The zero-order chi connectivity index (χ0) is 19.8. The van der Waals surface area contributed by atoms with Crippen molar-refractivity contribution in [3.8, 4) is 0 Å². The Kier molecular flexibility index (Phi) is 7.00. The Morgan fingerprint density at radius 1 is 0.731 bits per heavy atom. The monoisotopic (exact) mass is 382 g/mol. The van der Waals surface area contributed by atoms with Crippen LogP contribution < -0.4 is 0 Å². The van der Waals surface area contributed by atoms with Crippen molar-refractivity contribution in [2.45, 2.75) is 82.0 Å². The molecule has 2 aliphatic rings. The van der Waals surface area contributed by atoms with Crippen molar-refractivity contribution in [2.75, 3.05) is 13.2 Å². The second kappa shape index (κ2) is 8.31. The number of hydrogen-bond donors (Lipinski definition) is 7. The van der Waals surface area contributed by atoms with Crippen LogP contribution in [0.2, 0.25) is 0 Å². The molecule has 154 valence electrons. The fourth-order valence-corrected chi connectivity index (χ4v) is 3.31. The summed E-state index contributed by atoms with van der Waals surface area (Å²) in [5.41, 5.74) is -0.526. The van der Waals surface area contributed by atoms with Crippen molar-refractivity contribution < 1.29 is 50.0 Å². The Morgan fingerprint density at radius 2 is 1.31 bits per heavy atom. The van der Waals surface area contributed by atoms with Crippen molar-refractivity contribution >= 4 is 0 Å². The SMILES string of the molecule is CC(C)(C)C1OC(CO)C(OC2OC(CO)C(O)C(O)C2O)C(O)C1O. The second-order valence-corrected chi connectivity index (χ2v) is 7.92. The predicted octanol–water partition coefficient (Wildman–Crippen LogP) is -3.30. The third kappa shape index (κ3) is 4.20. The first-order valence-corrected chi connectivity index (χ1v) is 8.61. The van der Waals surface area contributed by atoms with E-state index >= 15 is 0 Å². The highest BCUT2D eigenvalue weighted by Gasteiger charge is 2.52. The van der Waals surface area contributed by atoms with E-state index in [4.69, 9.17) is 14.2 Å². The summed E-state index contributed by atoms with van der Waals surface area (Å²) in [5.74, 6) is 0. The fraction of sp³-hybridized carbons (Fsp3) is 1.00. The molecular formula is C16H30O10. The number of hydrogen-bond acceptors (Lipinski definition) is 10. The van der Waals surface area contributed by atoms with E-state index in [1.54, 1.807) is 20.8 Å². The average molecular weight is 382 g/mol. The molecule has 0 bridgehead atoms. The molecule has 26 heavy (non-hydrogen) atoms. The van der Waals surface area contributed by atoms with Gasteiger partial charge in [-0.3, -0.25) is 0 Å². The molecule has 0 aromatic rings. The first-order chi connectivity index (χ1) is 12.0. The summed E-state index contributed by atoms with van der Waals surface area (Å²) in [6.07, 6.45) is -13.4. The lowest BCUT2D eigenvalue weighted by atomic mass is 9.80. The van der Waals surface area contributed by atoms with Gasteiger partial charge in [0.1, 0.15) is 48.8 Å². The fourth-order valence-electron chi connectivity index (χ4n) is 3.31. The summed E-state index contributed by atoms with van der Waals surface area (Å²) in [7, 11) is 0. The van der Waals surface area contributed by atoms with Gasteiger partial charge in [0.25, 0.3) is 0 Å². The van der Waals surface area contributed by atoms with Crippen LogP contribution in [0.15, 0.2) is 0 Å². The molecule has 0 radical (unpaired) electrons. The number of ether oxygens (including phenoxy) is 3. The van der Waals surface area contributed by atoms with Gasteiger partial charge in [-0.05, 0) is 5.41 Å². The molecule has 2 rings (SSSR count). The van der Waals surface area contributed by atoms with Gasteiger partial charge >= 0.3 is 0 Å². The van der Waals surface area contributed by atoms with Crippen LogP contribution in [-0.2, 0) is 14.2 Å². The molecule has 0 saturated carbocycles. The van der Waals surface area contributed by atoms with Gasteiger partial charge in [-0.25, -0.2) is 0 Å². The molecule has 2 heterocycles. The maximum absolute atomic E-state index is 10.5. The molecule has 2 aliphatic heterocycles. The van der Waals surface area contributed by atoms with Crippen LogP contribution in [0.5, 0.6) is 0 Å². The highest BCUT2D eigenvalue weighted by atomic mass is 16.7. The minimum Gasteiger partial charge on any atom is -0.394 e. The van der Waals surface area contributed by atoms with E-state index in [9.17, 15) is 35.7 Å². The van der Waals surface area contributed by atoms with Crippen molar-refractivity contribution in [3.63, 3.8) is 0 Å². The Morgan fingerprint density at radius 3 is 1.81 bits per heavy atom. The zero-order valence-corrected chi connectivity index (χ0v) is 15.0. The molecule has 10 unspecified atom stereocenters. The van der Waals surface area contributed by atoms with Crippen molar-refractivity contribution in [1.82, 2.24) is 0 Å². The summed E-state index contributed by atoms with van der Waals surface area (Å²) in [6, 6.07) is 0. The molecule has 2 saturated heterocycles. The van der Waals surface area contributed by atoms with Gasteiger partial charge in [-0.15, -0.1) is 0 Å². The molecule has 10 atom stereocenters. The van der Waals surface area contributed by atoms with Gasteiger partial charge < -0.3 is 50.0 Å². The standard InChI is InChI=1S/C16H30O10/c1-16(2,3)14-11(22)10(21)13(7(5-18)24-14)26-15-12(23)9(20)8(19)6(4-17)25-15/h6-15,17-23H,4-5H2,1-3H3. The Labute approximate surface area is 151 Å². The minimum absolute atomic E-state index is 0.526. The van der Waals surface area contributed by atoms with E-state index < -0.39 is 79.9 Å². The third-order valence-corrected chi connectivity index (χ3v) is 4.86. The highest BCUT2D eigenvalue weighted by Crippen LogP contribution is 2.35. The van der Waals surface area contributed by atoms with E-state index in [0.717, 1.165) is 0 Å². The lowest BCUT2D eigenvalue weighted by molar-refractivity contribution is -0.345. The van der Waals surface area contributed by atoms with E-state index in [0.29, 0.717) is 0 Å². The zero-order valence-electron chi connectivity index (χ0n) is 15.0. The maximum Gasteiger partial charge on any atom is 0.187 e. The molecule has 0 spiro atoms. The topological polar surface area (TPSA) is 169 Å². The van der Waals surface area contributed by atoms with Crippen LogP contribution in [-0.4, -0.2) is 110 Å². The molecule has 0 aromatic carbocycles. The van der Waals surface area contributed by atoms with Gasteiger partial charge in [-0.2, -0.15) is 0 Å². The van der Waals surface area contributed by atoms with Crippen LogP contribution in [0.1, 0.15) is 20.8 Å². The lowest BCUT2D eigenvalue weighted by Gasteiger charge is -2.48. The van der Waals surface area contributed by atoms with Gasteiger partial charge in [0.05, 0.1) is 19.3 Å². The molecule has 7 N–H and O–H groups in total. The van der Waals surface area contributed by atoms with Crippen molar-refractivity contribution in [3.05, 3.63) is 0 Å². The van der Waals surface area contributed by atoms with Crippen LogP contribution in [0.25, 0.3) is 0 Å². The maximum atomic E-state index is 10.5. The summed E-state index contributed by atoms with van der Waals surface area (Å²) >= 11 is 0. The molecule has 0 aromatic heterocycles. The lowest BCUT2D eigenvalue weighted by Crippen LogP contribution is -2.65. The average Bonchev–Trinajstić information content (AvgIpc) is 2.58. The molecule has 0 aliphatic carbocycles. The van der Waals surface area contributed by atoms with Crippen molar-refractivity contribution in [2.24, 2.45) is 5.41 Å². The van der Waals surface area contributed by atoms with Gasteiger partial charge in [0.15, 0.2) is 6.29 Å². The highest BCUT2D eigenvalue weighted by molar-refractivity contribution is 4.98. The molecule has 0 amide bonds. The Hall–Kier alpha value is -0.400. The van der Waals surface area contributed by atoms with E-state index in [1.165, 1.54) is 0 Å². The Balaban J connectivity index is 2.16. The largest absolute Gasteiger partial charge is 0.394 e. The molecule has 10 heteroatoms. The van der Waals surface area contributed by atoms with Gasteiger partial charge in [0.2, 0.25) is 0 Å².